The molecule has 0 aliphatic rings. The Morgan fingerprint density at radius 1 is 1.48 bits per heavy atom. The van der Waals surface area contributed by atoms with E-state index in [0.717, 1.165) is 15.8 Å². The summed E-state index contributed by atoms with van der Waals surface area (Å²) >= 11 is 7.73. The van der Waals surface area contributed by atoms with Gasteiger partial charge in [0.2, 0.25) is 0 Å². The maximum atomic E-state index is 11.9. The number of halogens is 1. The van der Waals surface area contributed by atoms with Crippen LogP contribution in [0.1, 0.15) is 19.4 Å². The van der Waals surface area contributed by atoms with Gasteiger partial charge in [0.1, 0.15) is 0 Å². The van der Waals surface area contributed by atoms with E-state index in [1.165, 1.54) is 11.3 Å². The Balaban J connectivity index is 2.70. The summed E-state index contributed by atoms with van der Waals surface area (Å²) in [5.41, 5.74) is 2.03. The van der Waals surface area contributed by atoms with Gasteiger partial charge in [-0.25, -0.2) is 0 Å². The first-order valence-electron chi connectivity index (χ1n) is 6.81. The van der Waals surface area contributed by atoms with Gasteiger partial charge in [-0.05, 0) is 24.6 Å². The molecule has 1 amide bonds. The molecule has 114 valence electrons. The molecule has 2 aromatic rings. The number of fused-ring (bicyclic) bond motifs is 1. The summed E-state index contributed by atoms with van der Waals surface area (Å²) in [5.74, 6) is -0.229. The molecule has 1 aromatic heterocycles. The van der Waals surface area contributed by atoms with Crippen LogP contribution in [0.5, 0.6) is 0 Å². The minimum atomic E-state index is -0.115. The molecule has 0 spiro atoms. The molecular weight excluding hydrogens is 308 g/mol. The van der Waals surface area contributed by atoms with Crippen molar-refractivity contribution in [2.45, 2.75) is 27.3 Å². The maximum absolute atomic E-state index is 11.9. The number of carbonyl (C=O) groups is 1. The number of ether oxygens (including phenoxy) is 1. The lowest BCUT2D eigenvalue weighted by molar-refractivity contribution is -0.120. The number of hydrogen-bond donors (Lipinski definition) is 0. The van der Waals surface area contributed by atoms with E-state index in [1.54, 1.807) is 7.11 Å². The number of hydrogen-bond acceptors (Lipinski definition) is 3. The number of aromatic nitrogens is 1. The molecule has 0 saturated carbocycles. The average molecular weight is 327 g/mol. The third-order valence-corrected chi connectivity index (χ3v) is 4.70. The molecule has 21 heavy (non-hydrogen) atoms. The van der Waals surface area contributed by atoms with Crippen molar-refractivity contribution in [1.29, 1.82) is 0 Å². The molecule has 0 N–H and O–H groups in total. The highest BCUT2D eigenvalue weighted by atomic mass is 35.5. The SMILES string of the molecule is COCCn1c(=NC(=O)C(C)C)sc2ccc(Cl)c(C)c21. The van der Waals surface area contributed by atoms with Crippen molar-refractivity contribution in [3.8, 4) is 0 Å². The quantitative estimate of drug-likeness (QED) is 0.864. The molecule has 0 fully saturated rings. The van der Waals surface area contributed by atoms with Gasteiger partial charge in [-0.1, -0.05) is 36.8 Å². The molecule has 0 bridgehead atoms. The van der Waals surface area contributed by atoms with Crippen molar-refractivity contribution in [3.63, 3.8) is 0 Å². The van der Waals surface area contributed by atoms with Gasteiger partial charge >= 0.3 is 0 Å². The topological polar surface area (TPSA) is 43.6 Å². The maximum Gasteiger partial charge on any atom is 0.250 e. The fourth-order valence-electron chi connectivity index (χ4n) is 2.01. The molecule has 2 rings (SSSR count). The summed E-state index contributed by atoms with van der Waals surface area (Å²) in [7, 11) is 1.66. The normalized spacial score (nSPS) is 12.6. The fraction of sp³-hybridized carbons (Fsp3) is 0.467. The van der Waals surface area contributed by atoms with E-state index in [2.05, 4.69) is 4.99 Å². The van der Waals surface area contributed by atoms with Crippen LogP contribution in [-0.2, 0) is 16.1 Å². The van der Waals surface area contributed by atoms with Crippen LogP contribution in [0.3, 0.4) is 0 Å². The van der Waals surface area contributed by atoms with Gasteiger partial charge in [0.25, 0.3) is 5.91 Å². The van der Waals surface area contributed by atoms with E-state index in [-0.39, 0.29) is 11.8 Å². The smallest absolute Gasteiger partial charge is 0.250 e. The Morgan fingerprint density at radius 2 is 2.19 bits per heavy atom. The predicted molar refractivity (Wildman–Crippen MR) is 86.8 cm³/mol. The number of thiazole rings is 1. The summed E-state index contributed by atoms with van der Waals surface area (Å²) < 4.78 is 8.26. The molecule has 0 radical (unpaired) electrons. The third kappa shape index (κ3) is 3.36. The Bertz CT molecular complexity index is 731. The van der Waals surface area contributed by atoms with E-state index in [4.69, 9.17) is 16.3 Å². The van der Waals surface area contributed by atoms with Crippen molar-refractivity contribution in [3.05, 3.63) is 27.5 Å². The predicted octanol–water partition coefficient (Wildman–Crippen LogP) is 3.39. The van der Waals surface area contributed by atoms with Crippen LogP contribution in [0.15, 0.2) is 17.1 Å². The van der Waals surface area contributed by atoms with Crippen LogP contribution < -0.4 is 4.80 Å². The zero-order valence-electron chi connectivity index (χ0n) is 12.6. The largest absolute Gasteiger partial charge is 0.383 e. The Morgan fingerprint density at radius 3 is 2.81 bits per heavy atom. The lowest BCUT2D eigenvalue weighted by Crippen LogP contribution is -2.20. The number of rotatable bonds is 4. The van der Waals surface area contributed by atoms with E-state index in [9.17, 15) is 4.79 Å². The molecule has 0 atom stereocenters. The Labute approximate surface area is 133 Å². The monoisotopic (exact) mass is 326 g/mol. The second kappa shape index (κ2) is 6.73. The first-order chi connectivity index (χ1) is 9.95. The first kappa shape index (κ1) is 16.2. The van der Waals surface area contributed by atoms with Crippen LogP contribution in [0.2, 0.25) is 5.02 Å². The van der Waals surface area contributed by atoms with Gasteiger partial charge in [0, 0.05) is 24.6 Å². The summed E-state index contributed by atoms with van der Waals surface area (Å²) in [6.07, 6.45) is 0. The van der Waals surface area contributed by atoms with Gasteiger partial charge in [0.15, 0.2) is 4.80 Å². The second-order valence-electron chi connectivity index (χ2n) is 5.15. The Kier molecular flexibility index (Phi) is 5.19. The standard InChI is InChI=1S/C15H19ClN2O2S/c1-9(2)14(19)17-15-18(7-8-20-4)13-10(3)11(16)5-6-12(13)21-15/h5-6,9H,7-8H2,1-4H3. The van der Waals surface area contributed by atoms with Crippen molar-refractivity contribution in [2.75, 3.05) is 13.7 Å². The molecule has 1 aromatic carbocycles. The highest BCUT2D eigenvalue weighted by Gasteiger charge is 2.13. The number of benzene rings is 1. The van der Waals surface area contributed by atoms with Gasteiger partial charge in [-0.2, -0.15) is 4.99 Å². The number of nitrogens with zero attached hydrogens (tertiary/aromatic N) is 2. The highest BCUT2D eigenvalue weighted by molar-refractivity contribution is 7.16. The zero-order chi connectivity index (χ0) is 15.6. The molecule has 0 aliphatic heterocycles. The van der Waals surface area contributed by atoms with E-state index in [0.29, 0.717) is 23.0 Å². The molecule has 6 heteroatoms. The van der Waals surface area contributed by atoms with Gasteiger partial charge in [-0.3, -0.25) is 4.79 Å². The van der Waals surface area contributed by atoms with Crippen LogP contribution in [0.4, 0.5) is 0 Å². The second-order valence-corrected chi connectivity index (χ2v) is 6.57. The summed E-state index contributed by atoms with van der Waals surface area (Å²) in [5, 5.41) is 0.716. The number of amides is 1. The van der Waals surface area contributed by atoms with E-state index < -0.39 is 0 Å². The summed E-state index contributed by atoms with van der Waals surface area (Å²) in [4.78, 5) is 16.9. The Hall–Kier alpha value is -1.17. The van der Waals surface area contributed by atoms with Crippen molar-refractivity contribution in [2.24, 2.45) is 10.9 Å². The van der Waals surface area contributed by atoms with Gasteiger partial charge in [0.05, 0.1) is 16.8 Å². The fourth-order valence-corrected chi connectivity index (χ4v) is 3.29. The molecule has 0 aliphatic carbocycles. The van der Waals surface area contributed by atoms with Crippen molar-refractivity contribution >= 4 is 39.1 Å². The van der Waals surface area contributed by atoms with Crippen LogP contribution in [-0.4, -0.2) is 24.2 Å². The van der Waals surface area contributed by atoms with Gasteiger partial charge < -0.3 is 9.30 Å². The number of methoxy groups -OCH3 is 1. The van der Waals surface area contributed by atoms with Crippen molar-refractivity contribution < 1.29 is 9.53 Å². The van der Waals surface area contributed by atoms with E-state index in [1.807, 2.05) is 37.5 Å². The van der Waals surface area contributed by atoms with Crippen molar-refractivity contribution in [1.82, 2.24) is 4.57 Å². The lowest BCUT2D eigenvalue weighted by Gasteiger charge is -2.07. The first-order valence-corrected chi connectivity index (χ1v) is 8.01. The minimum Gasteiger partial charge on any atom is -0.383 e. The number of carbonyl (C=O) groups excluding carboxylic acids is 1. The summed E-state index contributed by atoms with van der Waals surface area (Å²) in [6.45, 7) is 6.87. The minimum absolute atomic E-state index is 0.114. The molecule has 1 heterocycles. The zero-order valence-corrected chi connectivity index (χ0v) is 14.2. The molecule has 0 saturated heterocycles. The van der Waals surface area contributed by atoms with Crippen LogP contribution >= 0.6 is 22.9 Å². The third-order valence-electron chi connectivity index (χ3n) is 3.25. The van der Waals surface area contributed by atoms with Crippen LogP contribution in [0.25, 0.3) is 10.2 Å². The lowest BCUT2D eigenvalue weighted by atomic mass is 10.2. The summed E-state index contributed by atoms with van der Waals surface area (Å²) in [6, 6.07) is 3.85. The number of aryl methyl sites for hydroxylation is 1. The van der Waals surface area contributed by atoms with E-state index >= 15 is 0 Å². The molecule has 4 nitrogen and oxygen atoms in total. The molecular formula is C15H19ClN2O2S. The van der Waals surface area contributed by atoms with Crippen LogP contribution in [0, 0.1) is 12.8 Å². The highest BCUT2D eigenvalue weighted by Crippen LogP contribution is 2.27. The molecule has 0 unspecified atom stereocenters. The van der Waals surface area contributed by atoms with Gasteiger partial charge in [-0.15, -0.1) is 0 Å². The average Bonchev–Trinajstić information content (AvgIpc) is 2.78.